The minimum absolute atomic E-state index is 0.363. The first-order valence-electron chi connectivity index (χ1n) is 7.21. The number of hydrogen-bond donors (Lipinski definition) is 1. The van der Waals surface area contributed by atoms with Gasteiger partial charge in [-0.25, -0.2) is 9.07 Å². The monoisotopic (exact) mass is 452 g/mol. The molecule has 1 N–H and O–H groups in total. The number of aromatic nitrogens is 3. The van der Waals surface area contributed by atoms with Crippen LogP contribution in [-0.4, -0.2) is 14.8 Å². The van der Waals surface area contributed by atoms with Gasteiger partial charge in [0.2, 0.25) is 5.95 Å². The summed E-state index contributed by atoms with van der Waals surface area (Å²) in [4.78, 5) is 4.22. The summed E-state index contributed by atoms with van der Waals surface area (Å²) in [7, 11) is 0. The van der Waals surface area contributed by atoms with Crippen molar-refractivity contribution in [3.8, 4) is 0 Å². The van der Waals surface area contributed by atoms with Crippen LogP contribution in [0.1, 0.15) is 17.2 Å². The summed E-state index contributed by atoms with van der Waals surface area (Å²) in [5, 5.41) is 7.81. The van der Waals surface area contributed by atoms with Crippen molar-refractivity contribution in [3.05, 3.63) is 80.4 Å². The van der Waals surface area contributed by atoms with Crippen molar-refractivity contribution in [1.29, 1.82) is 0 Å². The van der Waals surface area contributed by atoms with Crippen molar-refractivity contribution < 1.29 is 4.39 Å². The zero-order valence-corrected chi connectivity index (χ0v) is 15.2. The molecule has 0 fully saturated rings. The molecule has 24 heavy (non-hydrogen) atoms. The Hall–Kier alpha value is -1.93. The molecule has 2 aromatic carbocycles. The normalized spacial score (nSPS) is 16.3. The summed E-state index contributed by atoms with van der Waals surface area (Å²) in [6.07, 6.45) is 3.35. The number of hydrogen-bond acceptors (Lipinski definition) is 3. The molecular formula is C17H11ClFIN4. The number of halogens is 3. The minimum atomic E-state index is -0.466. The summed E-state index contributed by atoms with van der Waals surface area (Å²) in [5.74, 6) is 0.185. The van der Waals surface area contributed by atoms with Crippen LogP contribution in [0.5, 0.6) is 0 Å². The molecule has 2 heterocycles. The van der Waals surface area contributed by atoms with E-state index in [4.69, 9.17) is 11.6 Å². The van der Waals surface area contributed by atoms with Gasteiger partial charge in [-0.3, -0.25) is 0 Å². The van der Waals surface area contributed by atoms with E-state index in [2.05, 4.69) is 38.0 Å². The third kappa shape index (κ3) is 2.69. The van der Waals surface area contributed by atoms with E-state index in [-0.39, 0.29) is 5.82 Å². The molecule has 0 amide bonds. The van der Waals surface area contributed by atoms with Crippen LogP contribution >= 0.6 is 34.2 Å². The first kappa shape index (κ1) is 15.6. The highest BCUT2D eigenvalue weighted by Crippen LogP contribution is 2.36. The molecule has 0 radical (unpaired) electrons. The number of allylic oxidation sites excluding steroid dienone is 1. The van der Waals surface area contributed by atoms with E-state index in [0.29, 0.717) is 16.5 Å². The van der Waals surface area contributed by atoms with Gasteiger partial charge in [0.15, 0.2) is 0 Å². The van der Waals surface area contributed by atoms with Crippen LogP contribution in [0.3, 0.4) is 0 Å². The van der Waals surface area contributed by atoms with E-state index in [1.165, 1.54) is 12.4 Å². The number of anilines is 1. The second-order valence-electron chi connectivity index (χ2n) is 5.32. The van der Waals surface area contributed by atoms with E-state index in [9.17, 15) is 4.39 Å². The molecule has 1 aliphatic rings. The largest absolute Gasteiger partial charge is 0.324 e. The summed E-state index contributed by atoms with van der Waals surface area (Å²) < 4.78 is 17.2. The van der Waals surface area contributed by atoms with Gasteiger partial charge in [0.1, 0.15) is 18.2 Å². The molecular weight excluding hydrogens is 442 g/mol. The Labute approximate surface area is 156 Å². The third-order valence-electron chi connectivity index (χ3n) is 3.86. The number of nitrogens with one attached hydrogen (secondary N) is 1. The van der Waals surface area contributed by atoms with E-state index < -0.39 is 6.04 Å². The molecule has 0 saturated heterocycles. The molecule has 0 unspecified atom stereocenters. The Morgan fingerprint density at radius 1 is 1.17 bits per heavy atom. The average Bonchev–Trinajstić information content (AvgIpc) is 3.04. The predicted molar refractivity (Wildman–Crippen MR) is 100 cm³/mol. The van der Waals surface area contributed by atoms with Gasteiger partial charge in [0.25, 0.3) is 0 Å². The molecule has 1 aliphatic heterocycles. The minimum Gasteiger partial charge on any atom is -0.324 e. The number of rotatable bonds is 2. The first-order valence-corrected chi connectivity index (χ1v) is 8.67. The molecule has 1 atom stereocenters. The summed E-state index contributed by atoms with van der Waals surface area (Å²) in [6, 6.07) is 12.3. The van der Waals surface area contributed by atoms with Crippen molar-refractivity contribution >= 4 is 45.8 Å². The molecule has 120 valence electrons. The fourth-order valence-corrected chi connectivity index (χ4v) is 3.36. The Morgan fingerprint density at radius 2 is 1.96 bits per heavy atom. The fourth-order valence-electron chi connectivity index (χ4n) is 2.73. The fraction of sp³-hybridized carbons (Fsp3) is 0.0588. The molecule has 0 aliphatic carbocycles. The number of benzene rings is 2. The third-order valence-corrected chi connectivity index (χ3v) is 4.91. The van der Waals surface area contributed by atoms with Gasteiger partial charge in [0, 0.05) is 19.9 Å². The average molecular weight is 453 g/mol. The van der Waals surface area contributed by atoms with Crippen molar-refractivity contribution in [2.75, 3.05) is 5.32 Å². The van der Waals surface area contributed by atoms with Crippen LogP contribution in [0.2, 0.25) is 5.02 Å². The lowest BCUT2D eigenvalue weighted by Gasteiger charge is -2.25. The summed E-state index contributed by atoms with van der Waals surface area (Å²) in [6.45, 7) is 0. The van der Waals surface area contributed by atoms with Crippen molar-refractivity contribution in [3.63, 3.8) is 0 Å². The molecule has 4 nitrogen and oxygen atoms in total. The van der Waals surface area contributed by atoms with Crippen LogP contribution < -0.4 is 5.32 Å². The smallest absolute Gasteiger partial charge is 0.226 e. The van der Waals surface area contributed by atoms with Crippen LogP contribution in [-0.2, 0) is 0 Å². The van der Waals surface area contributed by atoms with Crippen molar-refractivity contribution in [2.45, 2.75) is 6.04 Å². The lowest BCUT2D eigenvalue weighted by Crippen LogP contribution is -2.21. The zero-order chi connectivity index (χ0) is 16.7. The van der Waals surface area contributed by atoms with Gasteiger partial charge in [0.05, 0.1) is 0 Å². The maximum absolute atomic E-state index is 14.4. The lowest BCUT2D eigenvalue weighted by molar-refractivity contribution is 0.551. The quantitative estimate of drug-likeness (QED) is 0.572. The highest BCUT2D eigenvalue weighted by Gasteiger charge is 2.27. The van der Waals surface area contributed by atoms with Gasteiger partial charge in [-0.2, -0.15) is 10.1 Å². The van der Waals surface area contributed by atoms with Crippen LogP contribution in [0.25, 0.3) is 5.70 Å². The van der Waals surface area contributed by atoms with Gasteiger partial charge in [-0.1, -0.05) is 29.8 Å². The Bertz CT molecular complexity index is 916. The van der Waals surface area contributed by atoms with Gasteiger partial charge in [-0.15, -0.1) is 0 Å². The summed E-state index contributed by atoms with van der Waals surface area (Å²) >= 11 is 8.51. The molecule has 0 saturated carbocycles. The Morgan fingerprint density at radius 3 is 2.71 bits per heavy atom. The molecule has 0 bridgehead atoms. The Balaban J connectivity index is 1.87. The van der Waals surface area contributed by atoms with Gasteiger partial charge >= 0.3 is 0 Å². The maximum Gasteiger partial charge on any atom is 0.226 e. The first-order chi connectivity index (χ1) is 11.6. The van der Waals surface area contributed by atoms with E-state index >= 15 is 0 Å². The van der Waals surface area contributed by atoms with Crippen LogP contribution in [0, 0.1) is 9.39 Å². The highest BCUT2D eigenvalue weighted by molar-refractivity contribution is 14.1. The zero-order valence-electron chi connectivity index (χ0n) is 12.2. The van der Waals surface area contributed by atoms with Crippen LogP contribution in [0.4, 0.5) is 10.3 Å². The molecule has 4 rings (SSSR count). The summed E-state index contributed by atoms with van der Waals surface area (Å²) in [5.41, 5.74) is 2.22. The molecule has 0 spiro atoms. The second kappa shape index (κ2) is 6.18. The van der Waals surface area contributed by atoms with Gasteiger partial charge < -0.3 is 5.32 Å². The SMILES string of the molecule is Fc1cccc(Cl)c1[C@@H]1C=C(c2ccc(I)cc2)Nc2ncnn21. The highest BCUT2D eigenvalue weighted by atomic mass is 127. The van der Waals surface area contributed by atoms with Gasteiger partial charge in [-0.05, 0) is 58.5 Å². The molecule has 7 heteroatoms. The van der Waals surface area contributed by atoms with E-state index in [0.717, 1.165) is 14.8 Å². The topological polar surface area (TPSA) is 42.7 Å². The lowest BCUT2D eigenvalue weighted by atomic mass is 10.0. The maximum atomic E-state index is 14.4. The van der Waals surface area contributed by atoms with E-state index in [1.54, 1.807) is 16.8 Å². The van der Waals surface area contributed by atoms with Crippen molar-refractivity contribution in [1.82, 2.24) is 14.8 Å². The second-order valence-corrected chi connectivity index (χ2v) is 6.97. The molecule has 3 aromatic rings. The van der Waals surface area contributed by atoms with Crippen molar-refractivity contribution in [2.24, 2.45) is 0 Å². The van der Waals surface area contributed by atoms with Crippen LogP contribution in [0.15, 0.2) is 54.9 Å². The van der Waals surface area contributed by atoms with E-state index in [1.807, 2.05) is 30.3 Å². The number of nitrogens with zero attached hydrogens (tertiary/aromatic N) is 3. The molecule has 1 aromatic heterocycles. The predicted octanol–water partition coefficient (Wildman–Crippen LogP) is 4.73. The number of fused-ring (bicyclic) bond motifs is 1. The Kier molecular flexibility index (Phi) is 4.01. The standard InChI is InChI=1S/C17H11ClFIN4/c18-12-2-1-3-13(19)16(12)15-8-14(10-4-6-11(20)7-5-10)23-17-21-9-22-24(15)17/h1-9,15H,(H,21,22,23)/t15-/m0/s1.